The highest BCUT2D eigenvalue weighted by Crippen LogP contribution is 2.25. The van der Waals surface area contributed by atoms with Gasteiger partial charge in [-0.25, -0.2) is 0 Å². The average Bonchev–Trinajstić information content (AvgIpc) is 2.54. The van der Waals surface area contributed by atoms with Crippen LogP contribution in [-0.4, -0.2) is 30.4 Å². The maximum Gasteiger partial charge on any atom is 0.306 e. The summed E-state index contributed by atoms with van der Waals surface area (Å²) in [7, 11) is 1.31. The van der Waals surface area contributed by atoms with Gasteiger partial charge in [-0.05, 0) is 25.5 Å². The van der Waals surface area contributed by atoms with Gasteiger partial charge < -0.3 is 10.1 Å². The molecule has 126 valence electrons. The molecular formula is C18H19NO4S. The third kappa shape index (κ3) is 4.58. The van der Waals surface area contributed by atoms with Gasteiger partial charge in [0.1, 0.15) is 0 Å². The molecule has 6 heteroatoms. The minimum atomic E-state index is -0.342. The summed E-state index contributed by atoms with van der Waals surface area (Å²) in [5.74, 6) is -0.442. The zero-order valence-electron chi connectivity index (χ0n) is 13.8. The van der Waals surface area contributed by atoms with E-state index in [0.29, 0.717) is 10.7 Å². The summed E-state index contributed by atoms with van der Waals surface area (Å²) in [6.45, 7) is 3.93. The number of rotatable bonds is 6. The van der Waals surface area contributed by atoms with Crippen molar-refractivity contribution in [2.75, 3.05) is 18.2 Å². The van der Waals surface area contributed by atoms with Crippen molar-refractivity contribution in [3.05, 3.63) is 52.1 Å². The number of ether oxygens (including phenoxy) is 1. The Bertz CT molecular complexity index is 749. The first-order valence-corrected chi connectivity index (χ1v) is 8.45. The number of aryl methyl sites for hydroxylation is 2. The molecule has 0 saturated heterocycles. The maximum atomic E-state index is 12.2. The van der Waals surface area contributed by atoms with Gasteiger partial charge in [0.15, 0.2) is 5.78 Å². The molecular weight excluding hydrogens is 326 g/mol. The molecule has 0 heterocycles. The molecule has 0 unspecified atom stereocenters. The zero-order chi connectivity index (χ0) is 17.7. The molecule has 24 heavy (non-hydrogen) atoms. The molecule has 1 aliphatic carbocycles. The molecule has 0 atom stereocenters. The van der Waals surface area contributed by atoms with Gasteiger partial charge in [-0.15, -0.1) is 11.8 Å². The van der Waals surface area contributed by atoms with E-state index in [4.69, 9.17) is 0 Å². The van der Waals surface area contributed by atoms with Crippen LogP contribution in [0.15, 0.2) is 41.0 Å². The molecule has 0 aliphatic heterocycles. The van der Waals surface area contributed by atoms with E-state index in [1.165, 1.54) is 31.0 Å². The first-order chi connectivity index (χ1) is 11.4. The molecule has 0 spiro atoms. The third-order valence-electron chi connectivity index (χ3n) is 3.49. The van der Waals surface area contributed by atoms with E-state index in [1.807, 2.05) is 32.0 Å². The number of hydrogen-bond donors (Lipinski definition) is 1. The fourth-order valence-corrected chi connectivity index (χ4v) is 3.08. The van der Waals surface area contributed by atoms with Crippen molar-refractivity contribution >= 4 is 35.0 Å². The largest absolute Gasteiger partial charge is 0.469 e. The van der Waals surface area contributed by atoms with Crippen LogP contribution in [0.4, 0.5) is 5.69 Å². The van der Waals surface area contributed by atoms with E-state index in [0.717, 1.165) is 16.8 Å². The van der Waals surface area contributed by atoms with Crippen molar-refractivity contribution in [2.45, 2.75) is 20.3 Å². The van der Waals surface area contributed by atoms with Crippen LogP contribution in [0.3, 0.4) is 0 Å². The minimum Gasteiger partial charge on any atom is -0.469 e. The Balaban J connectivity index is 2.03. The second-order valence-electron chi connectivity index (χ2n) is 5.41. The van der Waals surface area contributed by atoms with Gasteiger partial charge in [0, 0.05) is 23.6 Å². The normalized spacial score (nSPS) is 14.1. The highest BCUT2D eigenvalue weighted by atomic mass is 32.2. The summed E-state index contributed by atoms with van der Waals surface area (Å²) < 4.78 is 4.55. The number of benzene rings is 1. The van der Waals surface area contributed by atoms with Gasteiger partial charge in [-0.1, -0.05) is 17.7 Å². The average molecular weight is 345 g/mol. The van der Waals surface area contributed by atoms with Gasteiger partial charge in [0.25, 0.3) is 0 Å². The predicted molar refractivity (Wildman–Crippen MR) is 94.8 cm³/mol. The Kier molecular flexibility index (Phi) is 5.98. The van der Waals surface area contributed by atoms with E-state index in [2.05, 4.69) is 10.1 Å². The van der Waals surface area contributed by atoms with Gasteiger partial charge in [-0.2, -0.15) is 0 Å². The number of allylic oxidation sites excluding steroid dienone is 3. The molecule has 1 aromatic rings. The van der Waals surface area contributed by atoms with Crippen LogP contribution in [0.25, 0.3) is 0 Å². The topological polar surface area (TPSA) is 72.5 Å². The lowest BCUT2D eigenvalue weighted by Gasteiger charge is -2.15. The molecule has 5 nitrogen and oxygen atoms in total. The second-order valence-corrected chi connectivity index (χ2v) is 6.55. The Morgan fingerprint density at radius 1 is 1.17 bits per heavy atom. The van der Waals surface area contributed by atoms with Gasteiger partial charge in [0.2, 0.25) is 5.78 Å². The zero-order valence-corrected chi connectivity index (χ0v) is 14.7. The summed E-state index contributed by atoms with van der Waals surface area (Å²) in [6, 6.07) is 5.82. The SMILES string of the molecule is COC(=O)CCSC1=CC(=O)C(Nc2ccc(C)cc2C)=CC1=O. The van der Waals surface area contributed by atoms with Crippen LogP contribution in [-0.2, 0) is 19.1 Å². The number of hydrogen-bond acceptors (Lipinski definition) is 6. The molecule has 1 N–H and O–H groups in total. The monoisotopic (exact) mass is 345 g/mol. The number of thioether (sulfide) groups is 1. The van der Waals surface area contributed by atoms with E-state index >= 15 is 0 Å². The lowest BCUT2D eigenvalue weighted by molar-refractivity contribution is -0.140. The number of methoxy groups -OCH3 is 1. The lowest BCUT2D eigenvalue weighted by Crippen LogP contribution is -2.18. The Morgan fingerprint density at radius 3 is 2.58 bits per heavy atom. The number of carbonyl (C=O) groups excluding carboxylic acids is 3. The molecule has 0 fully saturated rings. The second kappa shape index (κ2) is 7.97. The van der Waals surface area contributed by atoms with Gasteiger partial charge >= 0.3 is 5.97 Å². The lowest BCUT2D eigenvalue weighted by atomic mass is 10.1. The van der Waals surface area contributed by atoms with E-state index in [-0.39, 0.29) is 29.7 Å². The molecule has 0 saturated carbocycles. The molecule has 0 aromatic heterocycles. The van der Waals surface area contributed by atoms with E-state index in [1.54, 1.807) is 0 Å². The molecule has 0 amide bonds. The number of carbonyl (C=O) groups is 3. The molecule has 2 rings (SSSR count). The maximum absolute atomic E-state index is 12.2. The van der Waals surface area contributed by atoms with Crippen LogP contribution in [0.2, 0.25) is 0 Å². The highest BCUT2D eigenvalue weighted by molar-refractivity contribution is 8.04. The van der Waals surface area contributed by atoms with Crippen LogP contribution < -0.4 is 5.32 Å². The van der Waals surface area contributed by atoms with Crippen molar-refractivity contribution in [2.24, 2.45) is 0 Å². The van der Waals surface area contributed by atoms with E-state index in [9.17, 15) is 14.4 Å². The Hall–Kier alpha value is -2.34. The van der Waals surface area contributed by atoms with Crippen molar-refractivity contribution in [1.82, 2.24) is 0 Å². The minimum absolute atomic E-state index is 0.192. The van der Waals surface area contributed by atoms with Crippen molar-refractivity contribution < 1.29 is 19.1 Å². The number of esters is 1. The molecule has 0 radical (unpaired) electrons. The van der Waals surface area contributed by atoms with E-state index < -0.39 is 0 Å². The van der Waals surface area contributed by atoms with Crippen LogP contribution >= 0.6 is 11.8 Å². The summed E-state index contributed by atoms with van der Waals surface area (Å²) in [6.07, 6.45) is 2.82. The van der Waals surface area contributed by atoms with Crippen LogP contribution in [0, 0.1) is 13.8 Å². The first kappa shape index (κ1) is 18.0. The summed E-state index contributed by atoms with van der Waals surface area (Å²) in [5, 5.41) is 3.02. The number of ketones is 2. The number of nitrogens with one attached hydrogen (secondary N) is 1. The van der Waals surface area contributed by atoms with Crippen molar-refractivity contribution in [3.8, 4) is 0 Å². The Labute approximate surface area is 145 Å². The number of anilines is 1. The summed E-state index contributed by atoms with van der Waals surface area (Å²) >= 11 is 1.18. The van der Waals surface area contributed by atoms with Gasteiger partial charge in [-0.3, -0.25) is 14.4 Å². The molecule has 1 aliphatic rings. The third-order valence-corrected chi connectivity index (χ3v) is 4.53. The summed E-state index contributed by atoms with van der Waals surface area (Å²) in [4.78, 5) is 35.8. The highest BCUT2D eigenvalue weighted by Gasteiger charge is 2.21. The predicted octanol–water partition coefficient (Wildman–Crippen LogP) is 2.93. The smallest absolute Gasteiger partial charge is 0.306 e. The van der Waals surface area contributed by atoms with Gasteiger partial charge in [0.05, 0.1) is 24.1 Å². The fraction of sp³-hybridized carbons (Fsp3) is 0.278. The van der Waals surface area contributed by atoms with Crippen molar-refractivity contribution in [3.63, 3.8) is 0 Å². The molecule has 1 aromatic carbocycles. The Morgan fingerprint density at radius 2 is 1.92 bits per heavy atom. The summed E-state index contributed by atoms with van der Waals surface area (Å²) in [5.41, 5.74) is 3.17. The fourth-order valence-electron chi connectivity index (χ4n) is 2.20. The molecule has 0 bridgehead atoms. The standard InChI is InChI=1S/C18H19NO4S/c1-11-4-5-13(12(2)8-11)19-14-9-16(21)17(10-15(14)20)24-7-6-18(22)23-3/h4-5,8-10,19H,6-7H2,1-3H3. The van der Waals surface area contributed by atoms with Crippen LogP contribution in [0.5, 0.6) is 0 Å². The first-order valence-electron chi connectivity index (χ1n) is 7.46. The van der Waals surface area contributed by atoms with Crippen LogP contribution in [0.1, 0.15) is 17.5 Å². The van der Waals surface area contributed by atoms with Crippen molar-refractivity contribution in [1.29, 1.82) is 0 Å². The quantitative estimate of drug-likeness (QED) is 0.631.